The molecule has 2 bridgehead atoms. The Balaban J connectivity index is 1.17. The summed E-state index contributed by atoms with van der Waals surface area (Å²) in [7, 11) is 0. The molecule has 0 radical (unpaired) electrons. The van der Waals surface area contributed by atoms with Crippen molar-refractivity contribution in [3.8, 4) is 0 Å². The van der Waals surface area contributed by atoms with Gasteiger partial charge in [0.2, 0.25) is 0 Å². The van der Waals surface area contributed by atoms with Crippen LogP contribution in [0.1, 0.15) is 136 Å². The molecule has 5 aliphatic rings. The van der Waals surface area contributed by atoms with E-state index in [1.165, 1.54) is 51.4 Å². The number of aliphatic hydroxyl groups excluding tert-OH is 1. The fraction of sp³-hybridized carbons (Fsp3) is 0.897. The lowest BCUT2D eigenvalue weighted by Gasteiger charge is -2.45. The summed E-state index contributed by atoms with van der Waals surface area (Å²) in [4.78, 5) is 0. The van der Waals surface area contributed by atoms with Gasteiger partial charge in [0.05, 0.1) is 12.0 Å². The van der Waals surface area contributed by atoms with Gasteiger partial charge in [-0.1, -0.05) is 90.0 Å². The molecule has 0 heterocycles. The van der Waals surface area contributed by atoms with Crippen LogP contribution in [-0.4, -0.2) is 17.4 Å². The number of aliphatic hydroxyl groups is 1. The highest BCUT2D eigenvalue weighted by Gasteiger charge is 2.48. The summed E-state index contributed by atoms with van der Waals surface area (Å²) >= 11 is 0. The maximum atomic E-state index is 14.4. The van der Waals surface area contributed by atoms with Crippen molar-refractivity contribution in [2.24, 2.45) is 71.0 Å². The van der Waals surface area contributed by atoms with E-state index >= 15 is 0 Å². The molecule has 13 unspecified atom stereocenters. The van der Waals surface area contributed by atoms with E-state index in [4.69, 9.17) is 0 Å². The van der Waals surface area contributed by atoms with Crippen molar-refractivity contribution >= 4 is 0 Å². The van der Waals surface area contributed by atoms with E-state index in [-0.39, 0.29) is 24.4 Å². The van der Waals surface area contributed by atoms with Crippen molar-refractivity contribution in [1.29, 1.82) is 0 Å². The Kier molecular flexibility index (Phi) is 11.9. The predicted octanol–water partition coefficient (Wildman–Crippen LogP) is 11.6. The minimum absolute atomic E-state index is 0.106. The minimum atomic E-state index is -4.10. The monoisotopic (exact) mass is 604 g/mol. The highest BCUT2D eigenvalue weighted by atomic mass is 19.4. The van der Waals surface area contributed by atoms with Crippen LogP contribution in [-0.2, 0) is 0 Å². The normalized spacial score (nSPS) is 43.4. The van der Waals surface area contributed by atoms with E-state index < -0.39 is 12.1 Å². The molecule has 43 heavy (non-hydrogen) atoms. The number of rotatable bonds is 8. The summed E-state index contributed by atoms with van der Waals surface area (Å²) in [6.45, 7) is 7.08. The molecule has 0 aromatic carbocycles. The fourth-order valence-electron chi connectivity index (χ4n) is 10.8. The minimum Gasteiger partial charge on any atom is -0.393 e. The Morgan fingerprint density at radius 2 is 1.65 bits per heavy atom. The van der Waals surface area contributed by atoms with Gasteiger partial charge in [-0.3, -0.25) is 0 Å². The molecule has 1 N–H and O–H groups in total. The number of allylic oxidation sites excluding steroid dienone is 4. The van der Waals surface area contributed by atoms with Crippen LogP contribution in [0.25, 0.3) is 0 Å². The Hall–Kier alpha value is -0.770. The molecule has 0 aromatic heterocycles. The first kappa shape index (κ1) is 33.6. The van der Waals surface area contributed by atoms with Crippen LogP contribution < -0.4 is 0 Å². The molecule has 5 rings (SSSR count). The molecule has 13 atom stereocenters. The molecule has 5 aliphatic carbocycles. The van der Waals surface area contributed by atoms with Crippen molar-refractivity contribution in [3.63, 3.8) is 0 Å². The first-order valence-electron chi connectivity index (χ1n) is 18.7. The lowest BCUT2D eigenvalue weighted by molar-refractivity contribution is -0.203. The average molecular weight is 605 g/mol. The summed E-state index contributed by atoms with van der Waals surface area (Å²) < 4.78 is 43.1. The third-order valence-electron chi connectivity index (χ3n) is 13.5. The predicted molar refractivity (Wildman–Crippen MR) is 172 cm³/mol. The molecule has 246 valence electrons. The molecule has 0 aliphatic heterocycles. The van der Waals surface area contributed by atoms with Gasteiger partial charge < -0.3 is 5.11 Å². The number of hydrogen-bond donors (Lipinski definition) is 1. The van der Waals surface area contributed by atoms with E-state index in [1.807, 2.05) is 0 Å². The van der Waals surface area contributed by atoms with Gasteiger partial charge in [-0.05, 0) is 136 Å². The Labute approximate surface area is 261 Å². The molecule has 3 fully saturated rings. The van der Waals surface area contributed by atoms with Crippen molar-refractivity contribution in [1.82, 2.24) is 0 Å². The highest BCUT2D eigenvalue weighted by Crippen LogP contribution is 2.51. The Morgan fingerprint density at radius 3 is 2.44 bits per heavy atom. The van der Waals surface area contributed by atoms with Crippen LogP contribution in [0.3, 0.4) is 0 Å². The molecular formula is C39H63F3O. The van der Waals surface area contributed by atoms with Crippen LogP contribution in [0.15, 0.2) is 24.3 Å². The molecular weight excluding hydrogens is 541 g/mol. The molecule has 0 aromatic rings. The second-order valence-electron chi connectivity index (χ2n) is 16.4. The second-order valence-corrected chi connectivity index (χ2v) is 16.4. The average Bonchev–Trinajstić information content (AvgIpc) is 3.42. The molecule has 3 saturated carbocycles. The summed E-state index contributed by atoms with van der Waals surface area (Å²) in [5, 5.41) is 11.5. The zero-order chi connectivity index (χ0) is 30.6. The van der Waals surface area contributed by atoms with E-state index in [9.17, 15) is 18.3 Å². The summed E-state index contributed by atoms with van der Waals surface area (Å²) in [6, 6.07) is 0. The first-order chi connectivity index (χ1) is 20.6. The van der Waals surface area contributed by atoms with Gasteiger partial charge in [0.25, 0.3) is 0 Å². The molecule has 0 saturated heterocycles. The van der Waals surface area contributed by atoms with E-state index in [1.54, 1.807) is 0 Å². The van der Waals surface area contributed by atoms with Gasteiger partial charge in [-0.2, -0.15) is 13.2 Å². The molecule has 0 amide bonds. The van der Waals surface area contributed by atoms with Gasteiger partial charge in [0.1, 0.15) is 0 Å². The van der Waals surface area contributed by atoms with E-state index in [0.717, 1.165) is 57.3 Å². The van der Waals surface area contributed by atoms with Gasteiger partial charge >= 0.3 is 6.18 Å². The topological polar surface area (TPSA) is 20.2 Å². The van der Waals surface area contributed by atoms with Gasteiger partial charge in [-0.15, -0.1) is 0 Å². The zero-order valence-corrected chi connectivity index (χ0v) is 27.6. The number of alkyl halides is 3. The van der Waals surface area contributed by atoms with Crippen LogP contribution in [0.5, 0.6) is 0 Å². The van der Waals surface area contributed by atoms with Crippen molar-refractivity contribution in [3.05, 3.63) is 24.3 Å². The largest absolute Gasteiger partial charge is 0.393 e. The Bertz CT molecular complexity index is 909. The SMILES string of the molecule is CCC1C=CC2CCC=CC(C2)C1C1CC(C(O)CCC2CCC(CC3CCCC(C)CC3)C(C(F)(F)F)C2)CCC1C. The fourth-order valence-corrected chi connectivity index (χ4v) is 10.8. The lowest BCUT2D eigenvalue weighted by atomic mass is 9.60. The molecule has 0 spiro atoms. The van der Waals surface area contributed by atoms with Crippen molar-refractivity contribution < 1.29 is 18.3 Å². The Morgan fingerprint density at radius 1 is 0.837 bits per heavy atom. The maximum absolute atomic E-state index is 14.4. The third-order valence-corrected chi connectivity index (χ3v) is 13.5. The zero-order valence-electron chi connectivity index (χ0n) is 27.6. The second kappa shape index (κ2) is 15.2. The number of hydrogen-bond acceptors (Lipinski definition) is 1. The van der Waals surface area contributed by atoms with E-state index in [0.29, 0.717) is 53.8 Å². The third kappa shape index (κ3) is 8.74. The quantitative estimate of drug-likeness (QED) is 0.216. The van der Waals surface area contributed by atoms with E-state index in [2.05, 4.69) is 45.1 Å². The smallest absolute Gasteiger partial charge is 0.392 e. The van der Waals surface area contributed by atoms with Crippen LogP contribution in [0, 0.1) is 71.0 Å². The van der Waals surface area contributed by atoms with Crippen molar-refractivity contribution in [2.45, 2.75) is 149 Å². The van der Waals surface area contributed by atoms with Gasteiger partial charge in [0, 0.05) is 0 Å². The number of halogens is 3. The highest BCUT2D eigenvalue weighted by molar-refractivity contribution is 5.10. The lowest BCUT2D eigenvalue weighted by Crippen LogP contribution is -2.39. The number of fused-ring (bicyclic) bond motifs is 2. The van der Waals surface area contributed by atoms with Gasteiger partial charge in [0.15, 0.2) is 0 Å². The van der Waals surface area contributed by atoms with Crippen molar-refractivity contribution in [2.75, 3.05) is 0 Å². The molecule has 4 heteroatoms. The van der Waals surface area contributed by atoms with Crippen LogP contribution in [0.4, 0.5) is 13.2 Å². The first-order valence-corrected chi connectivity index (χ1v) is 18.7. The summed E-state index contributed by atoms with van der Waals surface area (Å²) in [5.41, 5.74) is 0. The van der Waals surface area contributed by atoms with Crippen LogP contribution >= 0.6 is 0 Å². The summed E-state index contributed by atoms with van der Waals surface area (Å²) in [6.07, 6.45) is 23.8. The van der Waals surface area contributed by atoms with Gasteiger partial charge in [-0.25, -0.2) is 0 Å². The van der Waals surface area contributed by atoms with Crippen LogP contribution in [0.2, 0.25) is 0 Å². The standard InChI is InChI=1S/C39H63F3O/c1-4-31-19-15-28-9-5-6-11-34(23-28)38(31)35-25-33(18-13-27(35)3)37(43)21-17-30-16-20-32(36(24-30)39(40,41)42)22-29-10-7-8-26(2)12-14-29/h6,11,15,19,26-38,43H,4-5,7-10,12-14,16-18,20-25H2,1-3H3. The maximum Gasteiger partial charge on any atom is 0.392 e. The summed E-state index contributed by atoms with van der Waals surface area (Å²) in [5.74, 6) is 4.14. The molecule has 1 nitrogen and oxygen atoms in total.